The second-order valence-corrected chi connectivity index (χ2v) is 6.86. The Morgan fingerprint density at radius 2 is 1.93 bits per heavy atom. The van der Waals surface area contributed by atoms with Crippen LogP contribution < -0.4 is 10.9 Å². The molecule has 8 nitrogen and oxygen atoms in total. The van der Waals surface area contributed by atoms with Crippen molar-refractivity contribution in [1.29, 1.82) is 5.26 Å². The predicted octanol–water partition coefficient (Wildman–Crippen LogP) is 2.19. The van der Waals surface area contributed by atoms with Gasteiger partial charge < -0.3 is 10.1 Å². The summed E-state index contributed by atoms with van der Waals surface area (Å²) in [6, 6.07) is 15.9. The number of thioether (sulfide) groups is 1. The third-order valence-corrected chi connectivity index (χ3v) is 4.79. The molecule has 0 atom stereocenters. The number of nitrogens with zero attached hydrogens (tertiary/aromatic N) is 3. The molecule has 2 aromatic carbocycles. The van der Waals surface area contributed by atoms with Gasteiger partial charge in [-0.3, -0.25) is 19.0 Å². The molecular weight excluding hydrogens is 392 g/mol. The summed E-state index contributed by atoms with van der Waals surface area (Å²) in [7, 11) is 0. The van der Waals surface area contributed by atoms with E-state index in [0.717, 1.165) is 9.46 Å². The van der Waals surface area contributed by atoms with Gasteiger partial charge in [0.2, 0.25) is 0 Å². The number of esters is 1. The molecule has 0 radical (unpaired) electrons. The number of nitriles is 1. The Labute approximate surface area is 170 Å². The van der Waals surface area contributed by atoms with Crippen LogP contribution in [0.15, 0.2) is 64.5 Å². The zero-order valence-corrected chi connectivity index (χ0v) is 16.0. The summed E-state index contributed by atoms with van der Waals surface area (Å²) < 4.78 is 6.11. The molecule has 0 unspecified atom stereocenters. The molecule has 146 valence electrons. The van der Waals surface area contributed by atoms with E-state index in [9.17, 15) is 14.4 Å². The first-order valence-electron chi connectivity index (χ1n) is 8.57. The minimum absolute atomic E-state index is 0.246. The number of para-hydroxylation sites is 2. The molecule has 0 aliphatic carbocycles. The van der Waals surface area contributed by atoms with Crippen LogP contribution in [-0.4, -0.2) is 33.8 Å². The summed E-state index contributed by atoms with van der Waals surface area (Å²) in [4.78, 5) is 41.4. The van der Waals surface area contributed by atoms with Gasteiger partial charge in [0.15, 0.2) is 6.61 Å². The first kappa shape index (κ1) is 20.1. The summed E-state index contributed by atoms with van der Waals surface area (Å²) in [5, 5.41) is 11.7. The van der Waals surface area contributed by atoms with Crippen molar-refractivity contribution in [3.05, 3.63) is 65.2 Å². The number of nitrogens with one attached hydrogen (secondary N) is 1. The zero-order valence-electron chi connectivity index (χ0n) is 15.2. The van der Waals surface area contributed by atoms with Crippen molar-refractivity contribution in [2.45, 2.75) is 11.4 Å². The van der Waals surface area contributed by atoms with Crippen molar-refractivity contribution < 1.29 is 14.3 Å². The van der Waals surface area contributed by atoms with Crippen LogP contribution in [-0.2, 0) is 20.9 Å². The number of hydrogen-bond acceptors (Lipinski definition) is 7. The summed E-state index contributed by atoms with van der Waals surface area (Å²) in [5.74, 6) is -1.00. The fraction of sp³-hybridized carbons (Fsp3) is 0.150. The molecule has 0 aliphatic heterocycles. The number of anilines is 1. The van der Waals surface area contributed by atoms with Crippen molar-refractivity contribution in [3.8, 4) is 6.07 Å². The van der Waals surface area contributed by atoms with Crippen LogP contribution in [0.1, 0.15) is 0 Å². The van der Waals surface area contributed by atoms with E-state index >= 15 is 0 Å². The van der Waals surface area contributed by atoms with Gasteiger partial charge in [-0.2, -0.15) is 5.26 Å². The average molecular weight is 408 g/mol. The number of carbonyl (C=O) groups is 2. The van der Waals surface area contributed by atoms with Gasteiger partial charge in [-0.15, -0.1) is 11.8 Å². The summed E-state index contributed by atoms with van der Waals surface area (Å²) in [5.41, 5.74) is 0.707. The highest BCUT2D eigenvalue weighted by molar-refractivity contribution is 7.99. The summed E-state index contributed by atoms with van der Waals surface area (Å²) >= 11 is 1.29. The molecule has 0 bridgehead atoms. The van der Waals surface area contributed by atoms with Crippen molar-refractivity contribution in [2.75, 3.05) is 17.7 Å². The molecule has 0 spiro atoms. The molecule has 1 amide bonds. The lowest BCUT2D eigenvalue weighted by molar-refractivity contribution is -0.147. The molecule has 0 fully saturated rings. The molecule has 3 aromatic rings. The van der Waals surface area contributed by atoms with Crippen LogP contribution in [0, 0.1) is 11.3 Å². The predicted molar refractivity (Wildman–Crippen MR) is 108 cm³/mol. The SMILES string of the molecule is N#CCSc1ccccc1NC(=O)COC(=O)Cn1cnc2ccccc2c1=O. The van der Waals surface area contributed by atoms with Crippen molar-refractivity contribution >= 4 is 40.2 Å². The van der Waals surface area contributed by atoms with E-state index in [2.05, 4.69) is 10.3 Å². The monoisotopic (exact) mass is 408 g/mol. The van der Waals surface area contributed by atoms with Gasteiger partial charge in [0, 0.05) is 4.90 Å². The Morgan fingerprint density at radius 1 is 1.17 bits per heavy atom. The molecule has 1 heterocycles. The highest BCUT2D eigenvalue weighted by Crippen LogP contribution is 2.26. The van der Waals surface area contributed by atoms with Crippen LogP contribution in [0.3, 0.4) is 0 Å². The first-order chi connectivity index (χ1) is 14.1. The van der Waals surface area contributed by atoms with Gasteiger partial charge in [0.25, 0.3) is 11.5 Å². The maximum atomic E-state index is 12.4. The number of rotatable bonds is 7. The fourth-order valence-corrected chi connectivity index (χ4v) is 3.21. The molecule has 1 aromatic heterocycles. The van der Waals surface area contributed by atoms with Crippen LogP contribution in [0.25, 0.3) is 10.9 Å². The Morgan fingerprint density at radius 3 is 2.76 bits per heavy atom. The van der Waals surface area contributed by atoms with E-state index in [-0.39, 0.29) is 17.9 Å². The second kappa shape index (κ2) is 9.52. The normalized spacial score (nSPS) is 10.3. The quantitative estimate of drug-likeness (QED) is 0.471. The Balaban J connectivity index is 1.58. The van der Waals surface area contributed by atoms with E-state index in [0.29, 0.717) is 16.6 Å². The zero-order chi connectivity index (χ0) is 20.6. The number of aromatic nitrogens is 2. The minimum Gasteiger partial charge on any atom is -0.454 e. The topological polar surface area (TPSA) is 114 Å². The number of amides is 1. The van der Waals surface area contributed by atoms with Gasteiger partial charge in [-0.25, -0.2) is 4.98 Å². The van der Waals surface area contributed by atoms with Crippen molar-refractivity contribution in [1.82, 2.24) is 9.55 Å². The number of benzene rings is 2. The van der Waals surface area contributed by atoms with E-state index in [1.807, 2.05) is 6.07 Å². The largest absolute Gasteiger partial charge is 0.454 e. The molecule has 9 heteroatoms. The maximum absolute atomic E-state index is 12.4. The standard InChI is InChI=1S/C20H16N4O4S/c21-9-10-29-17-8-4-3-7-16(17)23-18(25)12-28-19(26)11-24-13-22-15-6-2-1-5-14(15)20(24)27/h1-8,13H,10-12H2,(H,23,25). The third-order valence-electron chi connectivity index (χ3n) is 3.85. The van der Waals surface area contributed by atoms with Crippen LogP contribution in [0.4, 0.5) is 5.69 Å². The minimum atomic E-state index is -0.730. The van der Waals surface area contributed by atoms with Crippen molar-refractivity contribution in [2.24, 2.45) is 0 Å². The lowest BCUT2D eigenvalue weighted by Crippen LogP contribution is -2.28. The van der Waals surface area contributed by atoms with Crippen LogP contribution in [0.2, 0.25) is 0 Å². The highest BCUT2D eigenvalue weighted by Gasteiger charge is 2.12. The lowest BCUT2D eigenvalue weighted by Gasteiger charge is -2.10. The van der Waals surface area contributed by atoms with Gasteiger partial charge in [-0.05, 0) is 24.3 Å². The van der Waals surface area contributed by atoms with E-state index < -0.39 is 18.5 Å². The van der Waals surface area contributed by atoms with E-state index in [4.69, 9.17) is 10.00 Å². The maximum Gasteiger partial charge on any atom is 0.326 e. The third kappa shape index (κ3) is 5.21. The number of carbonyl (C=O) groups excluding carboxylic acids is 2. The fourth-order valence-electron chi connectivity index (χ4n) is 2.54. The molecule has 0 saturated heterocycles. The van der Waals surface area contributed by atoms with Gasteiger partial charge >= 0.3 is 5.97 Å². The summed E-state index contributed by atoms with van der Waals surface area (Å²) in [6.45, 7) is -0.843. The van der Waals surface area contributed by atoms with Gasteiger partial charge in [0.05, 0.1) is 34.7 Å². The lowest BCUT2D eigenvalue weighted by atomic mass is 10.2. The summed E-state index contributed by atoms with van der Waals surface area (Å²) in [6.07, 6.45) is 1.27. The average Bonchev–Trinajstić information content (AvgIpc) is 2.74. The van der Waals surface area contributed by atoms with Crippen molar-refractivity contribution in [3.63, 3.8) is 0 Å². The molecule has 0 saturated carbocycles. The molecule has 1 N–H and O–H groups in total. The number of ether oxygens (including phenoxy) is 1. The Bertz CT molecular complexity index is 1150. The second-order valence-electron chi connectivity index (χ2n) is 5.85. The highest BCUT2D eigenvalue weighted by atomic mass is 32.2. The first-order valence-corrected chi connectivity index (χ1v) is 9.55. The Kier molecular flexibility index (Phi) is 6.60. The van der Waals surface area contributed by atoms with Gasteiger partial charge in [0.1, 0.15) is 6.54 Å². The molecule has 29 heavy (non-hydrogen) atoms. The van der Waals surface area contributed by atoms with E-state index in [1.54, 1.807) is 48.5 Å². The van der Waals surface area contributed by atoms with Crippen LogP contribution >= 0.6 is 11.8 Å². The van der Waals surface area contributed by atoms with Gasteiger partial charge in [-0.1, -0.05) is 24.3 Å². The van der Waals surface area contributed by atoms with Crippen LogP contribution in [0.5, 0.6) is 0 Å². The Hall–Kier alpha value is -3.64. The molecule has 3 rings (SSSR count). The number of fused-ring (bicyclic) bond motifs is 1. The molecular formula is C20H16N4O4S. The molecule has 0 aliphatic rings. The number of hydrogen-bond donors (Lipinski definition) is 1. The van der Waals surface area contributed by atoms with E-state index in [1.165, 1.54) is 18.1 Å². The smallest absolute Gasteiger partial charge is 0.326 e.